The molecule has 0 bridgehead atoms. The number of esters is 1. The van der Waals surface area contributed by atoms with Gasteiger partial charge in [-0.25, -0.2) is 8.78 Å². The molecule has 0 atom stereocenters. The summed E-state index contributed by atoms with van der Waals surface area (Å²) in [6, 6.07) is 0. The molecule has 6 heteroatoms. The second-order valence-electron chi connectivity index (χ2n) is 5.47. The van der Waals surface area contributed by atoms with Gasteiger partial charge < -0.3 is 4.74 Å². The predicted octanol–water partition coefficient (Wildman–Crippen LogP) is -0.258. The average Bonchev–Trinajstić information content (AvgIpc) is 2.28. The summed E-state index contributed by atoms with van der Waals surface area (Å²) >= 11 is 0. The highest BCUT2D eigenvalue weighted by molar-refractivity contribution is 6.50. The number of ether oxygens (including phenoxy) is 1. The van der Waals surface area contributed by atoms with Crippen LogP contribution in [0.25, 0.3) is 0 Å². The Labute approximate surface area is 108 Å². The quantitative estimate of drug-likeness (QED) is 0.391. The number of hydrogen-bond donors (Lipinski definition) is 0. The van der Waals surface area contributed by atoms with E-state index in [1.54, 1.807) is 28.6 Å². The van der Waals surface area contributed by atoms with Crippen molar-refractivity contribution in [2.24, 2.45) is 5.41 Å². The number of carbonyl (C=O) groups excluding carboxylic acids is 1. The lowest BCUT2D eigenvalue weighted by Gasteiger charge is -2.20. The second kappa shape index (κ2) is 4.75. The SMILES string of the molecule is Bc1c(B)c(OC(=O)C(C)(C)C)c(C)c(F)c1F. The van der Waals surface area contributed by atoms with E-state index >= 15 is 0 Å². The molecule has 1 aromatic carbocycles. The zero-order chi connectivity index (χ0) is 14.2. The van der Waals surface area contributed by atoms with Crippen LogP contribution in [-0.4, -0.2) is 21.7 Å². The van der Waals surface area contributed by atoms with Gasteiger partial charge in [0, 0.05) is 5.56 Å². The molecule has 0 spiro atoms. The molecule has 0 aliphatic carbocycles. The second-order valence-corrected chi connectivity index (χ2v) is 5.47. The first-order chi connectivity index (χ1) is 8.07. The Balaban J connectivity index is 3.31. The van der Waals surface area contributed by atoms with E-state index in [0.717, 1.165) is 0 Å². The van der Waals surface area contributed by atoms with Gasteiger partial charge in [-0.3, -0.25) is 4.79 Å². The highest BCUT2D eigenvalue weighted by atomic mass is 19.2. The highest BCUT2D eigenvalue weighted by Crippen LogP contribution is 2.23. The first kappa shape index (κ1) is 14.7. The molecule has 1 rings (SSSR count). The summed E-state index contributed by atoms with van der Waals surface area (Å²) in [6.45, 7) is 6.50. The largest absolute Gasteiger partial charge is 0.426 e. The first-order valence-electron chi connectivity index (χ1n) is 5.74. The third kappa shape index (κ3) is 2.57. The number of halogens is 2. The van der Waals surface area contributed by atoms with Crippen LogP contribution in [0.2, 0.25) is 0 Å². The number of hydrogen-bond acceptors (Lipinski definition) is 2. The van der Waals surface area contributed by atoms with E-state index in [1.807, 2.05) is 0 Å². The van der Waals surface area contributed by atoms with Gasteiger partial charge in [0.15, 0.2) is 11.6 Å². The fourth-order valence-electron chi connectivity index (χ4n) is 1.44. The number of rotatable bonds is 1. The first-order valence-corrected chi connectivity index (χ1v) is 5.74. The Morgan fingerprint density at radius 3 is 2.06 bits per heavy atom. The van der Waals surface area contributed by atoms with Crippen molar-refractivity contribution >= 4 is 32.6 Å². The van der Waals surface area contributed by atoms with Gasteiger partial charge in [0.05, 0.1) is 5.41 Å². The van der Waals surface area contributed by atoms with E-state index in [1.165, 1.54) is 14.8 Å². The lowest BCUT2D eigenvalue weighted by molar-refractivity contribution is -0.142. The van der Waals surface area contributed by atoms with Crippen molar-refractivity contribution in [1.29, 1.82) is 0 Å². The third-order valence-electron chi connectivity index (χ3n) is 2.90. The molecule has 0 heterocycles. The highest BCUT2D eigenvalue weighted by Gasteiger charge is 2.27. The Hall–Kier alpha value is -1.32. The normalized spacial score (nSPS) is 11.4. The van der Waals surface area contributed by atoms with E-state index in [4.69, 9.17) is 4.74 Å². The fraction of sp³-hybridized carbons (Fsp3) is 0.417. The van der Waals surface area contributed by atoms with Crippen LogP contribution in [0, 0.1) is 24.0 Å². The van der Waals surface area contributed by atoms with Crippen LogP contribution in [-0.2, 0) is 4.79 Å². The Morgan fingerprint density at radius 1 is 1.11 bits per heavy atom. The molecule has 1 aromatic rings. The molecule has 0 radical (unpaired) electrons. The van der Waals surface area contributed by atoms with Crippen molar-refractivity contribution in [2.75, 3.05) is 0 Å². The van der Waals surface area contributed by atoms with Crippen molar-refractivity contribution in [2.45, 2.75) is 27.7 Å². The molecule has 2 nitrogen and oxygen atoms in total. The maximum absolute atomic E-state index is 13.6. The van der Waals surface area contributed by atoms with Crippen LogP contribution >= 0.6 is 0 Å². The van der Waals surface area contributed by atoms with Gasteiger partial charge in [-0.1, -0.05) is 5.46 Å². The van der Waals surface area contributed by atoms with E-state index in [9.17, 15) is 13.6 Å². The molecule has 0 unspecified atom stereocenters. The third-order valence-corrected chi connectivity index (χ3v) is 2.90. The maximum atomic E-state index is 13.6. The Kier molecular flexibility index (Phi) is 3.89. The number of benzene rings is 1. The molecule has 0 N–H and O–H groups in total. The van der Waals surface area contributed by atoms with Crippen LogP contribution in [0.1, 0.15) is 26.3 Å². The summed E-state index contributed by atoms with van der Waals surface area (Å²) in [7, 11) is 3.07. The van der Waals surface area contributed by atoms with Crippen LogP contribution in [0.5, 0.6) is 5.75 Å². The minimum Gasteiger partial charge on any atom is -0.426 e. The van der Waals surface area contributed by atoms with E-state index in [0.29, 0.717) is 5.46 Å². The molecule has 0 amide bonds. The van der Waals surface area contributed by atoms with Crippen molar-refractivity contribution in [3.63, 3.8) is 0 Å². The average molecular weight is 252 g/mol. The lowest BCUT2D eigenvalue weighted by Crippen LogP contribution is -2.36. The molecule has 0 aliphatic rings. The van der Waals surface area contributed by atoms with E-state index in [2.05, 4.69) is 0 Å². The summed E-state index contributed by atoms with van der Waals surface area (Å²) in [4.78, 5) is 11.8. The molecule has 0 saturated heterocycles. The summed E-state index contributed by atoms with van der Waals surface area (Å²) in [5, 5.41) is 0. The van der Waals surface area contributed by atoms with Crippen molar-refractivity contribution in [3.8, 4) is 5.75 Å². The summed E-state index contributed by atoms with van der Waals surface area (Å²) in [5.74, 6) is -2.21. The standard InChI is InChI=1S/C12H16B2F2O2/c1-5-8(15)9(16)6(13)7(14)10(5)18-11(17)12(2,3)4/h13-14H2,1-4H3. The minimum atomic E-state index is -0.963. The molecule has 0 fully saturated rings. The van der Waals surface area contributed by atoms with Gasteiger partial charge in [0.25, 0.3) is 0 Å². The molecule has 0 aromatic heterocycles. The lowest BCUT2D eigenvalue weighted by atomic mass is 9.78. The van der Waals surface area contributed by atoms with Gasteiger partial charge in [-0.15, -0.1) is 0 Å². The Bertz CT molecular complexity index is 479. The molecular formula is C12H16B2F2O2. The number of carbonyl (C=O) groups is 1. The van der Waals surface area contributed by atoms with Crippen LogP contribution in [0.3, 0.4) is 0 Å². The summed E-state index contributed by atoms with van der Waals surface area (Å²) in [6.07, 6.45) is 0. The van der Waals surface area contributed by atoms with E-state index < -0.39 is 23.0 Å². The Morgan fingerprint density at radius 2 is 1.61 bits per heavy atom. The van der Waals surface area contributed by atoms with Crippen LogP contribution in [0.15, 0.2) is 0 Å². The van der Waals surface area contributed by atoms with Crippen molar-refractivity contribution in [3.05, 3.63) is 17.2 Å². The van der Waals surface area contributed by atoms with Crippen LogP contribution in [0.4, 0.5) is 8.78 Å². The molecule has 18 heavy (non-hydrogen) atoms. The van der Waals surface area contributed by atoms with Gasteiger partial charge in [0.2, 0.25) is 0 Å². The van der Waals surface area contributed by atoms with Gasteiger partial charge in [-0.2, -0.15) is 0 Å². The fourth-order valence-corrected chi connectivity index (χ4v) is 1.44. The van der Waals surface area contributed by atoms with Gasteiger partial charge >= 0.3 is 5.97 Å². The zero-order valence-electron chi connectivity index (χ0n) is 11.6. The minimum absolute atomic E-state index is 0.0215. The summed E-state index contributed by atoms with van der Waals surface area (Å²) < 4.78 is 32.3. The maximum Gasteiger partial charge on any atom is 0.316 e. The van der Waals surface area contributed by atoms with E-state index in [-0.39, 0.29) is 16.8 Å². The predicted molar refractivity (Wildman–Crippen MR) is 72.5 cm³/mol. The molecule has 0 saturated carbocycles. The van der Waals surface area contributed by atoms with Crippen molar-refractivity contribution < 1.29 is 18.3 Å². The van der Waals surface area contributed by atoms with Gasteiger partial charge in [-0.05, 0) is 33.2 Å². The molecular weight excluding hydrogens is 236 g/mol. The van der Waals surface area contributed by atoms with Crippen molar-refractivity contribution in [1.82, 2.24) is 0 Å². The zero-order valence-corrected chi connectivity index (χ0v) is 11.6. The smallest absolute Gasteiger partial charge is 0.316 e. The molecule has 0 aliphatic heterocycles. The van der Waals surface area contributed by atoms with Gasteiger partial charge in [0.1, 0.15) is 21.4 Å². The topological polar surface area (TPSA) is 26.3 Å². The monoisotopic (exact) mass is 252 g/mol. The van der Waals surface area contributed by atoms with Crippen LogP contribution < -0.4 is 15.7 Å². The molecule has 96 valence electrons. The summed E-state index contributed by atoms with van der Waals surface area (Å²) in [5.41, 5.74) is -0.0653.